The van der Waals surface area contributed by atoms with Crippen LogP contribution in [0.3, 0.4) is 0 Å². The first-order valence-electron chi connectivity index (χ1n) is 12.2. The van der Waals surface area contributed by atoms with Gasteiger partial charge in [0.15, 0.2) is 5.17 Å². The van der Waals surface area contributed by atoms with Crippen LogP contribution in [0.5, 0.6) is 0 Å². The standard InChI is InChI=1S/C29H30IN3OS/c1-19-9-7-8-12-26(19)33-28(34)27(35-29(33)31-24-10-5-4-6-11-24)18-22-17-20(2)32(21(22)3)25-15-13-23(30)14-16-25/h4-6,10-11,13-19,26H,7-9,12H2,1-3H3/b27-18-,31-29?/t19-,26-/m1/s1. The Labute approximate surface area is 225 Å². The van der Waals surface area contributed by atoms with E-state index in [-0.39, 0.29) is 11.9 Å². The molecule has 2 atom stereocenters. The lowest BCUT2D eigenvalue weighted by Gasteiger charge is -2.35. The molecule has 2 aliphatic rings. The van der Waals surface area contributed by atoms with E-state index in [9.17, 15) is 4.79 Å². The number of aromatic nitrogens is 1. The topological polar surface area (TPSA) is 37.6 Å². The van der Waals surface area contributed by atoms with Crippen molar-refractivity contribution in [1.29, 1.82) is 0 Å². The molecule has 0 spiro atoms. The fourth-order valence-corrected chi connectivity index (χ4v) is 6.61. The number of benzene rings is 2. The van der Waals surface area contributed by atoms with Crippen LogP contribution in [-0.4, -0.2) is 26.6 Å². The van der Waals surface area contributed by atoms with Gasteiger partial charge in [0.05, 0.1) is 10.6 Å². The third-order valence-corrected chi connectivity index (χ3v) is 8.76. The highest BCUT2D eigenvalue weighted by Gasteiger charge is 2.41. The maximum absolute atomic E-state index is 13.8. The Morgan fingerprint density at radius 1 is 1.03 bits per heavy atom. The first-order chi connectivity index (χ1) is 16.9. The zero-order valence-corrected chi connectivity index (χ0v) is 23.3. The molecule has 3 aromatic rings. The third kappa shape index (κ3) is 5.00. The molecule has 0 radical (unpaired) electrons. The molecule has 1 aliphatic carbocycles. The van der Waals surface area contributed by atoms with Crippen LogP contribution in [-0.2, 0) is 4.79 Å². The highest BCUT2D eigenvalue weighted by atomic mass is 127. The van der Waals surface area contributed by atoms with Crippen molar-refractivity contribution in [3.8, 4) is 5.69 Å². The van der Waals surface area contributed by atoms with E-state index in [2.05, 4.69) is 84.3 Å². The van der Waals surface area contributed by atoms with Gasteiger partial charge in [0.1, 0.15) is 0 Å². The van der Waals surface area contributed by atoms with Crippen LogP contribution >= 0.6 is 34.4 Å². The highest BCUT2D eigenvalue weighted by Crippen LogP contribution is 2.40. The van der Waals surface area contributed by atoms with Crippen molar-refractivity contribution in [1.82, 2.24) is 9.47 Å². The summed E-state index contributed by atoms with van der Waals surface area (Å²) < 4.78 is 3.47. The molecule has 4 nitrogen and oxygen atoms in total. The Kier molecular flexibility index (Phi) is 7.21. The van der Waals surface area contributed by atoms with E-state index in [0.717, 1.165) is 57.7 Å². The largest absolute Gasteiger partial charge is 0.318 e. The van der Waals surface area contributed by atoms with Gasteiger partial charge in [-0.25, -0.2) is 4.99 Å². The molecule has 0 bridgehead atoms. The molecule has 2 aromatic carbocycles. The molecule has 1 amide bonds. The number of para-hydroxylation sites is 1. The van der Waals surface area contributed by atoms with Crippen LogP contribution < -0.4 is 0 Å². The third-order valence-electron chi connectivity index (χ3n) is 7.06. The van der Waals surface area contributed by atoms with E-state index in [1.54, 1.807) is 0 Å². The molecule has 2 heterocycles. The highest BCUT2D eigenvalue weighted by molar-refractivity contribution is 14.1. The number of aryl methyl sites for hydroxylation is 1. The van der Waals surface area contributed by atoms with Gasteiger partial charge in [-0.15, -0.1) is 0 Å². The summed E-state index contributed by atoms with van der Waals surface area (Å²) in [6.45, 7) is 6.52. The number of aliphatic imine (C=N–C) groups is 1. The van der Waals surface area contributed by atoms with E-state index >= 15 is 0 Å². The van der Waals surface area contributed by atoms with Crippen LogP contribution in [0.1, 0.15) is 49.6 Å². The van der Waals surface area contributed by atoms with Gasteiger partial charge in [-0.3, -0.25) is 9.69 Å². The molecular weight excluding hydrogens is 565 g/mol. The van der Waals surface area contributed by atoms with Gasteiger partial charge in [0, 0.05) is 26.7 Å². The lowest BCUT2D eigenvalue weighted by molar-refractivity contribution is -0.124. The minimum atomic E-state index is 0.0856. The van der Waals surface area contributed by atoms with Crippen LogP contribution in [0.15, 0.2) is 70.6 Å². The molecule has 180 valence electrons. The van der Waals surface area contributed by atoms with Crippen molar-refractivity contribution in [2.75, 3.05) is 0 Å². The summed E-state index contributed by atoms with van der Waals surface area (Å²) in [5.41, 5.74) is 5.39. The molecule has 5 rings (SSSR count). The Hall–Kier alpha value is -2.32. The number of amidine groups is 1. The second-order valence-electron chi connectivity index (χ2n) is 9.48. The summed E-state index contributed by atoms with van der Waals surface area (Å²) >= 11 is 3.84. The Morgan fingerprint density at radius 3 is 2.46 bits per heavy atom. The van der Waals surface area contributed by atoms with E-state index in [4.69, 9.17) is 4.99 Å². The smallest absolute Gasteiger partial charge is 0.267 e. The molecule has 0 N–H and O–H groups in total. The summed E-state index contributed by atoms with van der Waals surface area (Å²) in [4.78, 5) is 21.5. The van der Waals surface area contributed by atoms with Crippen molar-refractivity contribution in [2.24, 2.45) is 10.9 Å². The number of carbonyl (C=O) groups is 1. The zero-order chi connectivity index (χ0) is 24.5. The molecule has 1 saturated carbocycles. The van der Waals surface area contributed by atoms with Crippen LogP contribution in [0.2, 0.25) is 0 Å². The molecule has 1 aliphatic heterocycles. The lowest BCUT2D eigenvalue weighted by Crippen LogP contribution is -2.44. The SMILES string of the molecule is Cc1cc(/C=C2\SC(=Nc3ccccc3)N([C@@H]3CCCC[C@H]3C)C2=O)c(C)n1-c1ccc(I)cc1. The van der Waals surface area contributed by atoms with Gasteiger partial charge in [0.2, 0.25) is 0 Å². The molecule has 6 heteroatoms. The number of carbonyl (C=O) groups excluding carboxylic acids is 1. The number of hydrogen-bond acceptors (Lipinski definition) is 3. The number of nitrogens with zero attached hydrogens (tertiary/aromatic N) is 3. The summed E-state index contributed by atoms with van der Waals surface area (Å²) in [5.74, 6) is 0.557. The van der Waals surface area contributed by atoms with Crippen LogP contribution in [0.4, 0.5) is 5.69 Å². The van der Waals surface area contributed by atoms with Gasteiger partial charge in [-0.05, 0) is 121 Å². The van der Waals surface area contributed by atoms with Gasteiger partial charge in [-0.2, -0.15) is 0 Å². The Bertz CT molecular complexity index is 1290. The summed E-state index contributed by atoms with van der Waals surface area (Å²) in [6.07, 6.45) is 6.67. The van der Waals surface area contributed by atoms with E-state index < -0.39 is 0 Å². The summed E-state index contributed by atoms with van der Waals surface area (Å²) in [5, 5.41) is 0.803. The number of halogens is 1. The molecular formula is C29H30IN3OS. The van der Waals surface area contributed by atoms with E-state index in [1.807, 2.05) is 35.2 Å². The average Bonchev–Trinajstić information content (AvgIpc) is 3.30. The second-order valence-corrected chi connectivity index (χ2v) is 11.7. The monoisotopic (exact) mass is 595 g/mol. The lowest BCUT2D eigenvalue weighted by atomic mass is 9.85. The fraction of sp³-hybridized carbons (Fsp3) is 0.310. The van der Waals surface area contributed by atoms with Crippen molar-refractivity contribution in [2.45, 2.75) is 52.5 Å². The molecule has 35 heavy (non-hydrogen) atoms. The van der Waals surface area contributed by atoms with Crippen molar-refractivity contribution in [3.63, 3.8) is 0 Å². The van der Waals surface area contributed by atoms with Crippen molar-refractivity contribution >= 4 is 57.2 Å². The number of thioether (sulfide) groups is 1. The van der Waals surface area contributed by atoms with E-state index in [0.29, 0.717) is 5.92 Å². The van der Waals surface area contributed by atoms with Gasteiger partial charge >= 0.3 is 0 Å². The number of rotatable bonds is 4. The van der Waals surface area contributed by atoms with E-state index in [1.165, 1.54) is 21.8 Å². The van der Waals surface area contributed by atoms with Crippen molar-refractivity contribution < 1.29 is 4.79 Å². The first kappa shape index (κ1) is 24.4. The Balaban J connectivity index is 1.53. The average molecular weight is 596 g/mol. The molecule has 2 fully saturated rings. The van der Waals surface area contributed by atoms with Crippen LogP contribution in [0.25, 0.3) is 11.8 Å². The van der Waals surface area contributed by atoms with Gasteiger partial charge < -0.3 is 4.57 Å². The quantitative estimate of drug-likeness (QED) is 0.227. The second kappa shape index (κ2) is 10.3. The Morgan fingerprint density at radius 2 is 1.74 bits per heavy atom. The molecule has 1 aromatic heterocycles. The minimum Gasteiger partial charge on any atom is -0.318 e. The van der Waals surface area contributed by atoms with Gasteiger partial charge in [-0.1, -0.05) is 38.0 Å². The van der Waals surface area contributed by atoms with Crippen LogP contribution in [0, 0.1) is 23.3 Å². The first-order valence-corrected chi connectivity index (χ1v) is 14.1. The maximum Gasteiger partial charge on any atom is 0.267 e. The molecule has 1 saturated heterocycles. The molecule has 0 unspecified atom stereocenters. The summed E-state index contributed by atoms with van der Waals surface area (Å²) in [6, 6.07) is 20.9. The number of hydrogen-bond donors (Lipinski definition) is 0. The maximum atomic E-state index is 13.8. The zero-order valence-electron chi connectivity index (χ0n) is 20.4. The number of amides is 1. The fourth-order valence-electron chi connectivity index (χ4n) is 5.21. The minimum absolute atomic E-state index is 0.0856. The van der Waals surface area contributed by atoms with Crippen molar-refractivity contribution in [3.05, 3.63) is 86.1 Å². The normalized spacial score (nSPS) is 23.0. The predicted octanol–water partition coefficient (Wildman–Crippen LogP) is 7.88. The predicted molar refractivity (Wildman–Crippen MR) is 155 cm³/mol. The summed E-state index contributed by atoms with van der Waals surface area (Å²) in [7, 11) is 0. The van der Waals surface area contributed by atoms with Gasteiger partial charge in [0.25, 0.3) is 5.91 Å².